The summed E-state index contributed by atoms with van der Waals surface area (Å²) < 4.78 is 135. The molecular formula is C35H28F8N8O2S. The Morgan fingerprint density at radius 2 is 1.94 bits per heavy atom. The summed E-state index contributed by atoms with van der Waals surface area (Å²) in [5.41, 5.74) is 6.68. The minimum atomic E-state index is -5.43. The highest BCUT2D eigenvalue weighted by Crippen LogP contribution is 2.54. The molecule has 0 spiro atoms. The number of anilines is 3. The van der Waals surface area contributed by atoms with Gasteiger partial charge < -0.3 is 20.9 Å². The van der Waals surface area contributed by atoms with Gasteiger partial charge in [-0.3, -0.25) is 9.80 Å². The molecule has 0 radical (unpaired) electrons. The van der Waals surface area contributed by atoms with E-state index in [-0.39, 0.29) is 47.1 Å². The van der Waals surface area contributed by atoms with Crippen LogP contribution in [-0.4, -0.2) is 70.5 Å². The van der Waals surface area contributed by atoms with Gasteiger partial charge in [0.2, 0.25) is 0 Å². The number of ether oxygens (including phenoxy) is 2. The predicted molar refractivity (Wildman–Crippen MR) is 183 cm³/mol. The normalized spacial score (nSPS) is 21.4. The van der Waals surface area contributed by atoms with E-state index in [1.807, 2.05) is 4.90 Å². The standard InChI is InChI=1S/C35H28F8N8O2S/c36-16-10-34(6-2-8-50(34)12-16)14-53-33-48-26-23-27(52-13-17(51(32(39)40)31(23)49-33)9-15-3-1-7-47-29(15)45)24(35(41,42)43)22(25(26)38)18-4-5-20(37)28-21(18)19(11-44)30(46)54-28/h1,3-5,7,16-17,32H,2,6,8-10,12-14,46H2,(H2,45,47)/t16-,17?,34+/m1/s1. The van der Waals surface area contributed by atoms with Gasteiger partial charge in [0.15, 0.2) is 11.6 Å². The average Bonchev–Trinajstić information content (AvgIpc) is 3.73. The molecule has 3 aliphatic rings. The molecule has 0 aliphatic carbocycles. The lowest BCUT2D eigenvalue weighted by molar-refractivity contribution is -0.138. The average molecular weight is 777 g/mol. The van der Waals surface area contributed by atoms with E-state index in [1.54, 1.807) is 6.07 Å². The molecule has 54 heavy (non-hydrogen) atoms. The summed E-state index contributed by atoms with van der Waals surface area (Å²) in [4.78, 5) is 14.6. The number of rotatable bonds is 7. The van der Waals surface area contributed by atoms with Crippen molar-refractivity contribution in [2.45, 2.75) is 56.2 Å². The first-order valence-electron chi connectivity index (χ1n) is 16.7. The molecule has 0 amide bonds. The molecule has 19 heteroatoms. The lowest BCUT2D eigenvalue weighted by atomic mass is 9.91. The molecular weight excluding hydrogens is 748 g/mol. The molecule has 2 fully saturated rings. The van der Waals surface area contributed by atoms with Crippen LogP contribution >= 0.6 is 11.3 Å². The maximum absolute atomic E-state index is 17.3. The predicted octanol–water partition coefficient (Wildman–Crippen LogP) is 7.23. The number of halogens is 8. The smallest absolute Gasteiger partial charge is 0.420 e. The molecule has 3 atom stereocenters. The summed E-state index contributed by atoms with van der Waals surface area (Å²) in [6.07, 6.45) is -4.19. The van der Waals surface area contributed by atoms with Crippen molar-refractivity contribution < 1.29 is 44.6 Å². The Kier molecular flexibility index (Phi) is 8.60. The zero-order valence-electron chi connectivity index (χ0n) is 27.9. The van der Waals surface area contributed by atoms with E-state index in [1.165, 1.54) is 18.3 Å². The molecule has 0 bridgehead atoms. The first-order chi connectivity index (χ1) is 25.7. The zero-order valence-corrected chi connectivity index (χ0v) is 28.7. The summed E-state index contributed by atoms with van der Waals surface area (Å²) in [6.45, 7) is -3.74. The van der Waals surface area contributed by atoms with Crippen LogP contribution in [-0.2, 0) is 12.6 Å². The van der Waals surface area contributed by atoms with E-state index < -0.39 is 105 Å². The van der Waals surface area contributed by atoms with Gasteiger partial charge in [0.1, 0.15) is 58.9 Å². The van der Waals surface area contributed by atoms with Crippen molar-refractivity contribution in [3.05, 3.63) is 58.8 Å². The summed E-state index contributed by atoms with van der Waals surface area (Å²) >= 11 is 0.586. The molecule has 282 valence electrons. The molecule has 3 aliphatic heterocycles. The van der Waals surface area contributed by atoms with Gasteiger partial charge in [0.25, 0.3) is 0 Å². The van der Waals surface area contributed by atoms with Crippen LogP contribution in [0.15, 0.2) is 30.5 Å². The summed E-state index contributed by atoms with van der Waals surface area (Å²) in [6, 6.07) is 4.31. The first-order valence-corrected chi connectivity index (χ1v) is 17.5. The number of hydrogen-bond acceptors (Lipinski definition) is 11. The van der Waals surface area contributed by atoms with Crippen LogP contribution in [0.1, 0.15) is 36.0 Å². The highest BCUT2D eigenvalue weighted by atomic mass is 32.1. The third kappa shape index (κ3) is 5.65. The van der Waals surface area contributed by atoms with E-state index in [0.29, 0.717) is 29.2 Å². The van der Waals surface area contributed by atoms with Crippen molar-refractivity contribution in [2.75, 3.05) is 42.7 Å². The van der Waals surface area contributed by atoms with E-state index in [4.69, 9.17) is 20.9 Å². The molecule has 2 aromatic carbocycles. The van der Waals surface area contributed by atoms with Crippen molar-refractivity contribution in [1.82, 2.24) is 19.9 Å². The van der Waals surface area contributed by atoms with Crippen molar-refractivity contribution in [1.29, 1.82) is 5.26 Å². The summed E-state index contributed by atoms with van der Waals surface area (Å²) in [5, 5.41) is 8.45. The molecule has 1 unspecified atom stereocenters. The number of thiophene rings is 1. The van der Waals surface area contributed by atoms with Crippen LogP contribution in [0.2, 0.25) is 0 Å². The molecule has 3 aromatic heterocycles. The summed E-state index contributed by atoms with van der Waals surface area (Å²) in [5.74, 6) is -4.50. The topological polar surface area (TPSA) is 139 Å². The zero-order chi connectivity index (χ0) is 38.3. The monoisotopic (exact) mass is 776 g/mol. The number of alkyl halides is 6. The molecule has 6 heterocycles. The Balaban J connectivity index is 1.41. The fourth-order valence-corrected chi connectivity index (χ4v) is 9.01. The summed E-state index contributed by atoms with van der Waals surface area (Å²) in [7, 11) is 0. The molecule has 2 saturated heterocycles. The van der Waals surface area contributed by atoms with Crippen LogP contribution < -0.4 is 25.8 Å². The van der Waals surface area contributed by atoms with E-state index in [0.717, 1.165) is 18.6 Å². The highest BCUT2D eigenvalue weighted by molar-refractivity contribution is 7.23. The number of nitrogen functional groups attached to an aromatic ring is 2. The van der Waals surface area contributed by atoms with Gasteiger partial charge >= 0.3 is 18.7 Å². The number of fused-ring (bicyclic) bond motifs is 2. The van der Waals surface area contributed by atoms with Crippen LogP contribution in [0.5, 0.6) is 11.8 Å². The van der Waals surface area contributed by atoms with Crippen LogP contribution in [0.25, 0.3) is 32.1 Å². The maximum Gasteiger partial charge on any atom is 0.420 e. The molecule has 4 N–H and O–H groups in total. The van der Waals surface area contributed by atoms with Gasteiger partial charge in [-0.15, -0.1) is 11.3 Å². The Hall–Kier alpha value is -5.22. The molecule has 5 aromatic rings. The van der Waals surface area contributed by atoms with Gasteiger partial charge in [-0.2, -0.15) is 37.2 Å². The lowest BCUT2D eigenvalue weighted by Crippen LogP contribution is -2.44. The minimum Gasteiger partial charge on any atom is -0.490 e. The second kappa shape index (κ2) is 13.0. The second-order valence-corrected chi connectivity index (χ2v) is 14.5. The van der Waals surface area contributed by atoms with Gasteiger partial charge in [-0.25, -0.2) is 18.2 Å². The Morgan fingerprint density at radius 3 is 2.67 bits per heavy atom. The Labute approximate surface area is 304 Å². The number of nitrogens with two attached hydrogens (primary N) is 2. The maximum atomic E-state index is 17.3. The number of nitriles is 1. The van der Waals surface area contributed by atoms with Gasteiger partial charge in [0.05, 0.1) is 27.2 Å². The SMILES string of the molecule is N#Cc1c(N)sc2c(F)ccc(-c3c(C(F)(F)F)c4c5c(nc(OC[C@@]67CCCN6C[C@H](F)C7)nc5c3F)N(C(F)F)C(Cc3cccnc3N)CO4)c12. The van der Waals surface area contributed by atoms with Crippen LogP contribution in [0.3, 0.4) is 0 Å². The van der Waals surface area contributed by atoms with Crippen molar-refractivity contribution in [3.63, 3.8) is 0 Å². The lowest BCUT2D eigenvalue weighted by Gasteiger charge is -2.32. The molecule has 8 rings (SSSR count). The number of benzene rings is 2. The molecule has 0 saturated carbocycles. The fraction of sp³-hybridized carbons (Fsp3) is 0.371. The second-order valence-electron chi connectivity index (χ2n) is 13.5. The van der Waals surface area contributed by atoms with E-state index in [9.17, 15) is 9.65 Å². The Morgan fingerprint density at radius 1 is 1.15 bits per heavy atom. The highest BCUT2D eigenvalue weighted by Gasteiger charge is 2.50. The third-order valence-corrected chi connectivity index (χ3v) is 11.4. The fourth-order valence-electron chi connectivity index (χ4n) is 8.06. The third-order valence-electron chi connectivity index (χ3n) is 10.4. The number of nitrogens with zero attached hydrogens (tertiary/aromatic N) is 6. The van der Waals surface area contributed by atoms with Crippen LogP contribution in [0.4, 0.5) is 51.8 Å². The van der Waals surface area contributed by atoms with Gasteiger partial charge in [0, 0.05) is 30.1 Å². The number of hydrogen-bond donors (Lipinski definition) is 2. The first kappa shape index (κ1) is 35.8. The number of aromatic nitrogens is 3. The van der Waals surface area contributed by atoms with Crippen molar-refractivity contribution in [2.24, 2.45) is 0 Å². The largest absolute Gasteiger partial charge is 0.490 e. The van der Waals surface area contributed by atoms with E-state index in [2.05, 4.69) is 15.0 Å². The van der Waals surface area contributed by atoms with Gasteiger partial charge in [-0.1, -0.05) is 12.1 Å². The van der Waals surface area contributed by atoms with Crippen LogP contribution in [0, 0.1) is 23.0 Å². The molecule has 10 nitrogen and oxygen atoms in total. The van der Waals surface area contributed by atoms with Crippen molar-refractivity contribution in [3.8, 4) is 29.0 Å². The Bertz CT molecular complexity index is 2370. The van der Waals surface area contributed by atoms with Gasteiger partial charge in [-0.05, 0) is 49.1 Å². The van der Waals surface area contributed by atoms with E-state index >= 15 is 30.7 Å². The number of pyridine rings is 1. The quantitative estimate of drug-likeness (QED) is 0.129. The van der Waals surface area contributed by atoms with Crippen molar-refractivity contribution >= 4 is 49.0 Å². The minimum absolute atomic E-state index is 0.0265.